The van der Waals surface area contributed by atoms with E-state index in [1.807, 2.05) is 12.1 Å². The molecule has 0 saturated carbocycles. The highest BCUT2D eigenvalue weighted by Gasteiger charge is 2.29. The van der Waals surface area contributed by atoms with Gasteiger partial charge in [0, 0.05) is 17.2 Å². The molecule has 4 rings (SSSR count). The van der Waals surface area contributed by atoms with E-state index in [9.17, 15) is 9.90 Å². The van der Waals surface area contributed by atoms with Gasteiger partial charge in [0.25, 0.3) is 0 Å². The van der Waals surface area contributed by atoms with E-state index in [2.05, 4.69) is 42.9 Å². The molecule has 2 aromatic carbocycles. The van der Waals surface area contributed by atoms with E-state index in [1.165, 1.54) is 11.8 Å². The Kier molecular flexibility index (Phi) is 6.20. The fourth-order valence-corrected chi connectivity index (χ4v) is 4.22. The Hall–Kier alpha value is -2.64. The third-order valence-corrected chi connectivity index (χ3v) is 5.84. The Labute approximate surface area is 187 Å². The summed E-state index contributed by atoms with van der Waals surface area (Å²) in [7, 11) is 0. The molecule has 2 heterocycles. The van der Waals surface area contributed by atoms with E-state index in [-0.39, 0.29) is 18.2 Å². The number of carboxylic acids is 1. The van der Waals surface area contributed by atoms with Crippen molar-refractivity contribution in [3.8, 4) is 5.75 Å². The molecule has 0 amide bonds. The lowest BCUT2D eigenvalue weighted by Gasteiger charge is -2.25. The summed E-state index contributed by atoms with van der Waals surface area (Å²) in [6, 6.07) is 15.4. The van der Waals surface area contributed by atoms with Crippen LogP contribution in [0, 0.1) is 0 Å². The average Bonchev–Trinajstić information content (AvgIpc) is 3.23. The number of halogens is 2. The minimum Gasteiger partial charge on any atom is -0.486 e. The number of para-hydroxylation sites is 1. The van der Waals surface area contributed by atoms with Gasteiger partial charge in [-0.05, 0) is 42.7 Å². The lowest BCUT2D eigenvalue weighted by Crippen LogP contribution is -2.26. The highest BCUT2D eigenvalue weighted by Crippen LogP contribution is 2.35. The van der Waals surface area contributed by atoms with Gasteiger partial charge in [0.15, 0.2) is 0 Å². The van der Waals surface area contributed by atoms with E-state index in [0.717, 1.165) is 23.9 Å². The van der Waals surface area contributed by atoms with Gasteiger partial charge in [0.05, 0.1) is 16.8 Å². The maximum atomic E-state index is 11.7. The third kappa shape index (κ3) is 4.42. The van der Waals surface area contributed by atoms with E-state index >= 15 is 0 Å². The Morgan fingerprint density at radius 2 is 2.10 bits per heavy atom. The summed E-state index contributed by atoms with van der Waals surface area (Å²) in [5.41, 5.74) is 1.50. The fraction of sp³-hybridized carbons (Fsp3) is 0.227. The summed E-state index contributed by atoms with van der Waals surface area (Å²) in [6.45, 7) is 0.782. The molecule has 1 aliphatic heterocycles. The zero-order valence-corrected chi connectivity index (χ0v) is 18.3. The van der Waals surface area contributed by atoms with Gasteiger partial charge in [-0.3, -0.25) is 0 Å². The molecule has 1 atom stereocenters. The van der Waals surface area contributed by atoms with Crippen molar-refractivity contribution in [2.24, 2.45) is 0 Å². The maximum absolute atomic E-state index is 11.7. The van der Waals surface area contributed by atoms with E-state index in [0.29, 0.717) is 22.4 Å². The molecule has 1 N–H and O–H groups in total. The van der Waals surface area contributed by atoms with Gasteiger partial charge in [0.2, 0.25) is 5.95 Å². The number of carbonyl (C=O) groups is 1. The lowest BCUT2D eigenvalue weighted by molar-refractivity contribution is 0.0692. The van der Waals surface area contributed by atoms with E-state index < -0.39 is 5.97 Å². The van der Waals surface area contributed by atoms with Crippen LogP contribution in [0.25, 0.3) is 0 Å². The summed E-state index contributed by atoms with van der Waals surface area (Å²) < 4.78 is 6.76. The minimum atomic E-state index is -1.09. The first-order valence-corrected chi connectivity index (χ1v) is 10.7. The summed E-state index contributed by atoms with van der Waals surface area (Å²) in [5, 5.41) is 10.0. The molecule has 8 heteroatoms. The number of ether oxygens (including phenoxy) is 1. The topological polar surface area (TPSA) is 75.5 Å². The number of benzene rings is 2. The Balaban J connectivity index is 1.63. The predicted molar refractivity (Wildman–Crippen MR) is 118 cm³/mol. The van der Waals surface area contributed by atoms with Gasteiger partial charge in [-0.2, -0.15) is 0 Å². The summed E-state index contributed by atoms with van der Waals surface area (Å²) >= 11 is 9.67. The zero-order chi connectivity index (χ0) is 21.1. The smallest absolute Gasteiger partial charge is 0.339 e. The Morgan fingerprint density at radius 1 is 1.27 bits per heavy atom. The Bertz CT molecular complexity index is 1080. The molecule has 1 fully saturated rings. The van der Waals surface area contributed by atoms with Gasteiger partial charge >= 0.3 is 5.97 Å². The SMILES string of the molecule is O=C(O)c1cnc(N2CCCC2c2cccc(Br)c2)nc1COc1ccccc1Cl. The van der Waals surface area contributed by atoms with Gasteiger partial charge < -0.3 is 14.7 Å². The largest absolute Gasteiger partial charge is 0.486 e. The number of nitrogens with zero attached hydrogens (tertiary/aromatic N) is 3. The molecule has 0 radical (unpaired) electrons. The lowest BCUT2D eigenvalue weighted by atomic mass is 10.1. The van der Waals surface area contributed by atoms with Gasteiger partial charge in [-0.1, -0.05) is 51.8 Å². The van der Waals surface area contributed by atoms with Gasteiger partial charge in [0.1, 0.15) is 17.9 Å². The first kappa shape index (κ1) is 20.6. The summed E-state index contributed by atoms with van der Waals surface area (Å²) in [4.78, 5) is 22.7. The van der Waals surface area contributed by atoms with Crippen molar-refractivity contribution in [1.82, 2.24) is 9.97 Å². The minimum absolute atomic E-state index is 0.0176. The number of hydrogen-bond acceptors (Lipinski definition) is 5. The molecule has 0 bridgehead atoms. The van der Waals surface area contributed by atoms with Crippen molar-refractivity contribution >= 4 is 39.4 Å². The number of aromatic carboxylic acids is 1. The molecule has 3 aromatic rings. The molecule has 1 aromatic heterocycles. The van der Waals surface area contributed by atoms with Crippen molar-refractivity contribution < 1.29 is 14.6 Å². The molecule has 30 heavy (non-hydrogen) atoms. The van der Waals surface area contributed by atoms with Crippen LogP contribution >= 0.6 is 27.5 Å². The van der Waals surface area contributed by atoms with Crippen LogP contribution in [-0.4, -0.2) is 27.6 Å². The molecule has 6 nitrogen and oxygen atoms in total. The fourth-order valence-electron chi connectivity index (χ4n) is 3.61. The summed E-state index contributed by atoms with van der Waals surface area (Å²) in [5.74, 6) is -0.117. The third-order valence-electron chi connectivity index (χ3n) is 5.03. The van der Waals surface area contributed by atoms with Crippen LogP contribution in [0.1, 0.15) is 40.5 Å². The van der Waals surface area contributed by atoms with Gasteiger partial charge in [-0.15, -0.1) is 0 Å². The van der Waals surface area contributed by atoms with Gasteiger partial charge in [-0.25, -0.2) is 14.8 Å². The first-order chi connectivity index (χ1) is 14.5. The van der Waals surface area contributed by atoms with E-state index in [1.54, 1.807) is 24.3 Å². The standard InChI is InChI=1S/C22H19BrClN3O3/c23-15-6-3-5-14(11-15)19-8-4-10-27(19)22-25-12-16(21(28)29)18(26-22)13-30-20-9-2-1-7-17(20)24/h1-3,5-7,9,11-12,19H,4,8,10,13H2,(H,28,29). The second-order valence-electron chi connectivity index (χ2n) is 6.96. The molecular weight excluding hydrogens is 470 g/mol. The van der Waals surface area contributed by atoms with Crippen molar-refractivity contribution in [3.05, 3.63) is 81.0 Å². The molecular formula is C22H19BrClN3O3. The van der Waals surface area contributed by atoms with Crippen LogP contribution in [-0.2, 0) is 6.61 Å². The van der Waals surface area contributed by atoms with Crippen molar-refractivity contribution in [2.75, 3.05) is 11.4 Å². The highest BCUT2D eigenvalue weighted by atomic mass is 79.9. The maximum Gasteiger partial charge on any atom is 0.339 e. The number of aromatic nitrogens is 2. The quantitative estimate of drug-likeness (QED) is 0.493. The van der Waals surface area contributed by atoms with Crippen LogP contribution in [0.5, 0.6) is 5.75 Å². The molecule has 154 valence electrons. The van der Waals surface area contributed by atoms with Crippen LogP contribution in [0.4, 0.5) is 5.95 Å². The second-order valence-corrected chi connectivity index (χ2v) is 8.28. The van der Waals surface area contributed by atoms with Crippen molar-refractivity contribution in [2.45, 2.75) is 25.5 Å². The second kappa shape index (κ2) is 9.02. The normalized spacial score (nSPS) is 15.9. The van der Waals surface area contributed by atoms with Crippen LogP contribution in [0.2, 0.25) is 5.02 Å². The zero-order valence-electron chi connectivity index (χ0n) is 16.0. The number of rotatable bonds is 6. The first-order valence-electron chi connectivity index (χ1n) is 9.51. The van der Waals surface area contributed by atoms with Crippen molar-refractivity contribution in [1.29, 1.82) is 0 Å². The van der Waals surface area contributed by atoms with Crippen LogP contribution in [0.15, 0.2) is 59.2 Å². The number of hydrogen-bond donors (Lipinski definition) is 1. The van der Waals surface area contributed by atoms with E-state index in [4.69, 9.17) is 16.3 Å². The monoisotopic (exact) mass is 487 g/mol. The predicted octanol–water partition coefficient (Wildman–Crippen LogP) is 5.51. The molecule has 1 unspecified atom stereocenters. The van der Waals surface area contributed by atoms with Crippen LogP contribution < -0.4 is 9.64 Å². The molecule has 0 aliphatic carbocycles. The molecule has 1 saturated heterocycles. The van der Waals surface area contributed by atoms with Crippen molar-refractivity contribution in [3.63, 3.8) is 0 Å². The number of carboxylic acid groups (broad SMARTS) is 1. The molecule has 1 aliphatic rings. The highest BCUT2D eigenvalue weighted by molar-refractivity contribution is 9.10. The number of anilines is 1. The average molecular weight is 489 g/mol. The van der Waals surface area contributed by atoms with Crippen LogP contribution in [0.3, 0.4) is 0 Å². The molecule has 0 spiro atoms. The summed E-state index contributed by atoms with van der Waals surface area (Å²) in [6.07, 6.45) is 3.34. The Morgan fingerprint density at radius 3 is 2.87 bits per heavy atom.